The Hall–Kier alpha value is -2.62. The van der Waals surface area contributed by atoms with Crippen LogP contribution in [0.15, 0.2) is 60.7 Å². The average Bonchev–Trinajstić information content (AvgIpc) is 2.92. The fourth-order valence-corrected chi connectivity index (χ4v) is 2.21. The van der Waals surface area contributed by atoms with E-state index in [1.54, 1.807) is 0 Å². The fraction of sp³-hybridized carbons (Fsp3) is 0.176. The maximum absolute atomic E-state index is 4.37. The van der Waals surface area contributed by atoms with Gasteiger partial charge in [0.2, 0.25) is 0 Å². The zero-order valence-corrected chi connectivity index (χ0v) is 12.2. The zero-order valence-electron chi connectivity index (χ0n) is 12.2. The molecular weight excluding hydrogens is 260 g/mol. The van der Waals surface area contributed by atoms with Crippen molar-refractivity contribution in [2.45, 2.75) is 19.9 Å². The van der Waals surface area contributed by atoms with E-state index < -0.39 is 0 Å². The van der Waals surface area contributed by atoms with Crippen LogP contribution in [0.5, 0.6) is 0 Å². The van der Waals surface area contributed by atoms with E-state index in [4.69, 9.17) is 0 Å². The third kappa shape index (κ3) is 2.79. The van der Waals surface area contributed by atoms with E-state index in [1.165, 1.54) is 0 Å². The molecule has 0 radical (unpaired) electrons. The van der Waals surface area contributed by atoms with E-state index in [-0.39, 0.29) is 6.04 Å². The highest BCUT2D eigenvalue weighted by Crippen LogP contribution is 2.23. The number of rotatable bonds is 4. The van der Waals surface area contributed by atoms with Crippen LogP contribution in [0, 0.1) is 0 Å². The van der Waals surface area contributed by atoms with Crippen molar-refractivity contribution >= 4 is 0 Å². The van der Waals surface area contributed by atoms with Crippen LogP contribution in [-0.4, -0.2) is 20.9 Å². The summed E-state index contributed by atoms with van der Waals surface area (Å²) in [5.41, 5.74) is 5.49. The standard InChI is InChI=1S/C17H18N4/c1-13(2)20-21-16(14-9-5-3-6-10-14)18-19-17(21)15-11-7-4-8-12-15/h3-13,20H,1-2H3. The van der Waals surface area contributed by atoms with E-state index in [0.717, 1.165) is 22.8 Å². The maximum atomic E-state index is 4.37. The summed E-state index contributed by atoms with van der Waals surface area (Å²) in [6.45, 7) is 4.20. The predicted molar refractivity (Wildman–Crippen MR) is 85.4 cm³/mol. The third-order valence-electron chi connectivity index (χ3n) is 3.11. The average molecular weight is 278 g/mol. The summed E-state index contributed by atoms with van der Waals surface area (Å²) in [4.78, 5) is 0. The second-order valence-corrected chi connectivity index (χ2v) is 5.20. The lowest BCUT2D eigenvalue weighted by Crippen LogP contribution is -2.24. The normalized spacial score (nSPS) is 10.8. The molecule has 0 aliphatic heterocycles. The second-order valence-electron chi connectivity index (χ2n) is 5.20. The number of benzene rings is 2. The Balaban J connectivity index is 2.12. The fourth-order valence-electron chi connectivity index (χ4n) is 2.21. The van der Waals surface area contributed by atoms with Gasteiger partial charge in [-0.05, 0) is 13.8 Å². The lowest BCUT2D eigenvalue weighted by Gasteiger charge is -2.16. The van der Waals surface area contributed by atoms with Crippen LogP contribution in [0.25, 0.3) is 22.8 Å². The molecule has 3 aromatic rings. The smallest absolute Gasteiger partial charge is 0.182 e. The molecular formula is C17H18N4. The van der Waals surface area contributed by atoms with Crippen molar-refractivity contribution in [2.24, 2.45) is 0 Å². The quantitative estimate of drug-likeness (QED) is 0.793. The first-order chi connectivity index (χ1) is 10.3. The summed E-state index contributed by atoms with van der Waals surface area (Å²) in [5, 5.41) is 8.73. The van der Waals surface area contributed by atoms with Crippen molar-refractivity contribution in [1.82, 2.24) is 14.9 Å². The van der Waals surface area contributed by atoms with Crippen molar-refractivity contribution in [3.63, 3.8) is 0 Å². The summed E-state index contributed by atoms with van der Waals surface area (Å²) in [5.74, 6) is 1.64. The minimum absolute atomic E-state index is 0.283. The van der Waals surface area contributed by atoms with Crippen molar-refractivity contribution in [2.75, 3.05) is 5.43 Å². The highest BCUT2D eigenvalue weighted by molar-refractivity contribution is 5.63. The first kappa shape index (κ1) is 13.4. The molecule has 0 unspecified atom stereocenters. The van der Waals surface area contributed by atoms with Gasteiger partial charge in [-0.25, -0.2) is 4.68 Å². The number of hydrogen-bond acceptors (Lipinski definition) is 3. The Morgan fingerprint density at radius 1 is 0.762 bits per heavy atom. The zero-order chi connectivity index (χ0) is 14.7. The molecule has 0 atom stereocenters. The first-order valence-electron chi connectivity index (χ1n) is 7.08. The highest BCUT2D eigenvalue weighted by Gasteiger charge is 2.15. The topological polar surface area (TPSA) is 42.7 Å². The molecule has 1 aromatic heterocycles. The molecule has 0 saturated carbocycles. The summed E-state index contributed by atoms with van der Waals surface area (Å²) >= 11 is 0. The lowest BCUT2D eigenvalue weighted by molar-refractivity contribution is 0.744. The molecule has 0 aliphatic carbocycles. The van der Waals surface area contributed by atoms with Crippen molar-refractivity contribution in [3.05, 3.63) is 60.7 Å². The Labute approximate surface area is 124 Å². The van der Waals surface area contributed by atoms with Crippen molar-refractivity contribution in [1.29, 1.82) is 0 Å². The second kappa shape index (κ2) is 5.79. The molecule has 106 valence electrons. The predicted octanol–water partition coefficient (Wildman–Crippen LogP) is 3.56. The van der Waals surface area contributed by atoms with Gasteiger partial charge < -0.3 is 5.43 Å². The molecule has 4 nitrogen and oxygen atoms in total. The molecule has 3 rings (SSSR count). The van der Waals surface area contributed by atoms with Gasteiger partial charge >= 0.3 is 0 Å². The summed E-state index contributed by atoms with van der Waals surface area (Å²) in [6.07, 6.45) is 0. The van der Waals surface area contributed by atoms with E-state index in [1.807, 2.05) is 65.3 Å². The largest absolute Gasteiger partial charge is 0.320 e. The molecule has 0 fully saturated rings. The molecule has 0 bridgehead atoms. The van der Waals surface area contributed by atoms with Crippen LogP contribution in [0.2, 0.25) is 0 Å². The molecule has 0 saturated heterocycles. The lowest BCUT2D eigenvalue weighted by atomic mass is 10.2. The first-order valence-corrected chi connectivity index (χ1v) is 7.08. The molecule has 0 spiro atoms. The molecule has 1 N–H and O–H groups in total. The van der Waals surface area contributed by atoms with E-state index >= 15 is 0 Å². The number of hydrogen-bond donors (Lipinski definition) is 1. The highest BCUT2D eigenvalue weighted by atomic mass is 15.5. The Kier molecular flexibility index (Phi) is 3.69. The molecule has 0 amide bonds. The van der Waals surface area contributed by atoms with Gasteiger partial charge in [-0.1, -0.05) is 60.7 Å². The van der Waals surface area contributed by atoms with E-state index in [0.29, 0.717) is 0 Å². The van der Waals surface area contributed by atoms with Gasteiger partial charge in [-0.2, -0.15) is 0 Å². The van der Waals surface area contributed by atoms with Gasteiger partial charge in [-0.15, -0.1) is 10.2 Å². The van der Waals surface area contributed by atoms with Gasteiger partial charge in [0.1, 0.15) is 0 Å². The maximum Gasteiger partial charge on any atom is 0.182 e. The number of nitrogens with one attached hydrogen (secondary N) is 1. The van der Waals surface area contributed by atoms with E-state index in [2.05, 4.69) is 29.5 Å². The van der Waals surface area contributed by atoms with Gasteiger partial charge in [-0.3, -0.25) is 0 Å². The molecule has 21 heavy (non-hydrogen) atoms. The summed E-state index contributed by atoms with van der Waals surface area (Å²) in [6, 6.07) is 20.5. The summed E-state index contributed by atoms with van der Waals surface area (Å²) in [7, 11) is 0. The van der Waals surface area contributed by atoms with Crippen LogP contribution in [0.3, 0.4) is 0 Å². The van der Waals surface area contributed by atoms with Gasteiger partial charge in [0.05, 0.1) is 0 Å². The molecule has 0 aliphatic rings. The number of aromatic nitrogens is 3. The minimum atomic E-state index is 0.283. The van der Waals surface area contributed by atoms with Crippen LogP contribution < -0.4 is 5.43 Å². The van der Waals surface area contributed by atoms with Crippen LogP contribution in [0.4, 0.5) is 0 Å². The molecule has 1 heterocycles. The van der Waals surface area contributed by atoms with E-state index in [9.17, 15) is 0 Å². The van der Waals surface area contributed by atoms with Crippen LogP contribution >= 0.6 is 0 Å². The molecule has 2 aromatic carbocycles. The van der Waals surface area contributed by atoms with Gasteiger partial charge in [0.25, 0.3) is 0 Å². The molecule has 4 heteroatoms. The van der Waals surface area contributed by atoms with Crippen molar-refractivity contribution < 1.29 is 0 Å². The van der Waals surface area contributed by atoms with Gasteiger partial charge in [0.15, 0.2) is 11.6 Å². The van der Waals surface area contributed by atoms with Gasteiger partial charge in [0, 0.05) is 17.2 Å². The van der Waals surface area contributed by atoms with Crippen LogP contribution in [0.1, 0.15) is 13.8 Å². The van der Waals surface area contributed by atoms with Crippen LogP contribution in [-0.2, 0) is 0 Å². The Morgan fingerprint density at radius 2 is 1.19 bits per heavy atom. The Morgan fingerprint density at radius 3 is 1.57 bits per heavy atom. The monoisotopic (exact) mass is 278 g/mol. The number of nitrogens with zero attached hydrogens (tertiary/aromatic N) is 3. The van der Waals surface area contributed by atoms with Crippen molar-refractivity contribution in [3.8, 4) is 22.8 Å². The SMILES string of the molecule is CC(C)Nn1c(-c2ccccc2)nnc1-c1ccccc1. The summed E-state index contributed by atoms with van der Waals surface area (Å²) < 4.78 is 1.97. The third-order valence-corrected chi connectivity index (χ3v) is 3.11. The Bertz CT molecular complexity index is 645. The minimum Gasteiger partial charge on any atom is -0.320 e.